The number of hydrogen-bond acceptors (Lipinski definition) is 5. The standard InChI is InChI=1S/C24H29N3O4/c1-16(2)6-5-12-26-24(28)27-17-7-9-18(10-8-17)31-21-11-13-25-20-15-23(30-4)22(29-3)14-19(20)21/h7-11,13-16H,5-6,12H2,1-4H3,(H2,26,27,28). The van der Waals surface area contributed by atoms with Crippen molar-refractivity contribution in [1.82, 2.24) is 10.3 Å². The SMILES string of the molecule is COc1cc2nccc(Oc3ccc(NC(=O)NCCCC(C)C)cc3)c2cc1OC. The van der Waals surface area contributed by atoms with Crippen LogP contribution in [0.1, 0.15) is 26.7 Å². The Labute approximate surface area is 182 Å². The van der Waals surface area contributed by atoms with Crippen molar-refractivity contribution in [3.8, 4) is 23.0 Å². The number of aromatic nitrogens is 1. The number of pyridine rings is 1. The van der Waals surface area contributed by atoms with Crippen LogP contribution >= 0.6 is 0 Å². The monoisotopic (exact) mass is 423 g/mol. The molecular weight excluding hydrogens is 394 g/mol. The lowest BCUT2D eigenvalue weighted by molar-refractivity contribution is 0.251. The lowest BCUT2D eigenvalue weighted by atomic mass is 10.1. The molecule has 0 unspecified atom stereocenters. The first-order valence-electron chi connectivity index (χ1n) is 10.3. The predicted octanol–water partition coefficient (Wildman–Crippen LogP) is 5.60. The third-order valence-electron chi connectivity index (χ3n) is 4.79. The fraction of sp³-hybridized carbons (Fsp3) is 0.333. The highest BCUT2D eigenvalue weighted by Crippen LogP contribution is 2.36. The van der Waals surface area contributed by atoms with E-state index in [0.717, 1.165) is 23.7 Å². The third-order valence-corrected chi connectivity index (χ3v) is 4.79. The van der Waals surface area contributed by atoms with Gasteiger partial charge in [0.25, 0.3) is 0 Å². The van der Waals surface area contributed by atoms with Crippen LogP contribution < -0.4 is 24.8 Å². The van der Waals surface area contributed by atoms with E-state index in [0.29, 0.717) is 41.1 Å². The van der Waals surface area contributed by atoms with Crippen LogP contribution in [0, 0.1) is 5.92 Å². The average molecular weight is 424 g/mol. The summed E-state index contributed by atoms with van der Waals surface area (Å²) in [6.45, 7) is 5.01. The summed E-state index contributed by atoms with van der Waals surface area (Å²) in [6.07, 6.45) is 3.74. The van der Waals surface area contributed by atoms with E-state index in [2.05, 4.69) is 29.5 Å². The Morgan fingerprint density at radius 1 is 1.00 bits per heavy atom. The zero-order valence-electron chi connectivity index (χ0n) is 18.4. The Morgan fingerprint density at radius 2 is 1.71 bits per heavy atom. The lowest BCUT2D eigenvalue weighted by Crippen LogP contribution is -2.29. The average Bonchev–Trinajstić information content (AvgIpc) is 2.77. The zero-order chi connectivity index (χ0) is 22.2. The topological polar surface area (TPSA) is 81.7 Å². The van der Waals surface area contributed by atoms with E-state index in [-0.39, 0.29) is 6.03 Å². The Morgan fingerprint density at radius 3 is 2.39 bits per heavy atom. The minimum atomic E-state index is -0.210. The smallest absolute Gasteiger partial charge is 0.319 e. The number of hydrogen-bond donors (Lipinski definition) is 2. The number of benzene rings is 2. The van der Waals surface area contributed by atoms with Crippen molar-refractivity contribution in [2.75, 3.05) is 26.1 Å². The summed E-state index contributed by atoms with van der Waals surface area (Å²) in [5.41, 5.74) is 1.43. The van der Waals surface area contributed by atoms with Crippen molar-refractivity contribution >= 4 is 22.6 Å². The van der Waals surface area contributed by atoms with Crippen LogP contribution in [-0.2, 0) is 0 Å². The van der Waals surface area contributed by atoms with Gasteiger partial charge in [-0.25, -0.2) is 4.79 Å². The fourth-order valence-electron chi connectivity index (χ4n) is 3.16. The van der Waals surface area contributed by atoms with Gasteiger partial charge in [0.15, 0.2) is 11.5 Å². The number of fused-ring (bicyclic) bond motifs is 1. The van der Waals surface area contributed by atoms with Crippen molar-refractivity contribution in [3.05, 3.63) is 48.7 Å². The number of anilines is 1. The van der Waals surface area contributed by atoms with Gasteiger partial charge in [-0.15, -0.1) is 0 Å². The molecule has 0 saturated carbocycles. The van der Waals surface area contributed by atoms with Gasteiger partial charge in [-0.2, -0.15) is 0 Å². The van der Waals surface area contributed by atoms with Gasteiger partial charge in [0, 0.05) is 29.9 Å². The molecule has 2 aromatic carbocycles. The summed E-state index contributed by atoms with van der Waals surface area (Å²) in [5, 5.41) is 6.51. The second kappa shape index (κ2) is 10.5. The molecule has 2 amide bonds. The van der Waals surface area contributed by atoms with Gasteiger partial charge in [0.2, 0.25) is 0 Å². The maximum atomic E-state index is 12.0. The Kier molecular flexibility index (Phi) is 7.54. The lowest BCUT2D eigenvalue weighted by Gasteiger charge is -2.13. The number of carbonyl (C=O) groups is 1. The zero-order valence-corrected chi connectivity index (χ0v) is 18.4. The fourth-order valence-corrected chi connectivity index (χ4v) is 3.16. The predicted molar refractivity (Wildman–Crippen MR) is 122 cm³/mol. The van der Waals surface area contributed by atoms with Crippen molar-refractivity contribution in [2.24, 2.45) is 5.92 Å². The number of ether oxygens (including phenoxy) is 3. The first-order chi connectivity index (χ1) is 15.0. The van der Waals surface area contributed by atoms with Crippen LogP contribution in [0.15, 0.2) is 48.7 Å². The summed E-state index contributed by atoms with van der Waals surface area (Å²) in [6, 6.07) is 12.5. The number of urea groups is 1. The molecule has 2 N–H and O–H groups in total. The van der Waals surface area contributed by atoms with Crippen LogP contribution in [0.3, 0.4) is 0 Å². The van der Waals surface area contributed by atoms with Crippen molar-refractivity contribution in [2.45, 2.75) is 26.7 Å². The summed E-state index contributed by atoms with van der Waals surface area (Å²) in [4.78, 5) is 16.4. The van der Waals surface area contributed by atoms with Gasteiger partial charge >= 0.3 is 6.03 Å². The van der Waals surface area contributed by atoms with E-state index >= 15 is 0 Å². The number of methoxy groups -OCH3 is 2. The number of nitrogens with one attached hydrogen (secondary N) is 2. The molecule has 1 aromatic heterocycles. The van der Waals surface area contributed by atoms with Crippen LogP contribution in [0.4, 0.5) is 10.5 Å². The molecule has 0 atom stereocenters. The largest absolute Gasteiger partial charge is 0.493 e. The molecule has 0 aliphatic rings. The van der Waals surface area contributed by atoms with Crippen molar-refractivity contribution < 1.29 is 19.0 Å². The Hall–Kier alpha value is -3.48. The summed E-state index contributed by atoms with van der Waals surface area (Å²) in [5.74, 6) is 3.14. The molecule has 0 aliphatic carbocycles. The highest BCUT2D eigenvalue weighted by atomic mass is 16.5. The number of rotatable bonds is 9. The highest BCUT2D eigenvalue weighted by Gasteiger charge is 2.11. The van der Waals surface area contributed by atoms with Gasteiger partial charge in [-0.05, 0) is 55.2 Å². The number of amides is 2. The Bertz CT molecular complexity index is 1020. The van der Waals surface area contributed by atoms with Crippen molar-refractivity contribution in [1.29, 1.82) is 0 Å². The molecule has 1 heterocycles. The normalized spacial score (nSPS) is 10.7. The molecule has 0 spiro atoms. The van der Waals surface area contributed by atoms with E-state index in [1.807, 2.05) is 12.1 Å². The quantitative estimate of drug-likeness (QED) is 0.438. The Balaban J connectivity index is 1.66. The molecule has 0 aliphatic heterocycles. The first kappa shape index (κ1) is 22.2. The maximum Gasteiger partial charge on any atom is 0.319 e. The van der Waals surface area contributed by atoms with Crippen LogP contribution in [0.25, 0.3) is 10.9 Å². The minimum absolute atomic E-state index is 0.210. The maximum absolute atomic E-state index is 12.0. The second-order valence-corrected chi connectivity index (χ2v) is 7.58. The summed E-state index contributed by atoms with van der Waals surface area (Å²) in [7, 11) is 3.18. The van der Waals surface area contributed by atoms with E-state index < -0.39 is 0 Å². The van der Waals surface area contributed by atoms with Gasteiger partial charge in [0.05, 0.1) is 19.7 Å². The molecule has 7 nitrogen and oxygen atoms in total. The third kappa shape index (κ3) is 6.01. The molecule has 164 valence electrons. The van der Waals surface area contributed by atoms with Crippen LogP contribution in [0.2, 0.25) is 0 Å². The van der Waals surface area contributed by atoms with Crippen LogP contribution in [0.5, 0.6) is 23.0 Å². The van der Waals surface area contributed by atoms with E-state index in [4.69, 9.17) is 14.2 Å². The highest BCUT2D eigenvalue weighted by molar-refractivity contribution is 5.89. The molecule has 0 saturated heterocycles. The van der Waals surface area contributed by atoms with Gasteiger partial charge in [-0.1, -0.05) is 13.8 Å². The summed E-state index contributed by atoms with van der Waals surface area (Å²) < 4.78 is 16.8. The molecule has 7 heteroatoms. The van der Waals surface area contributed by atoms with Crippen LogP contribution in [-0.4, -0.2) is 31.8 Å². The van der Waals surface area contributed by atoms with E-state index in [1.54, 1.807) is 50.7 Å². The van der Waals surface area contributed by atoms with Gasteiger partial charge in [-0.3, -0.25) is 4.98 Å². The van der Waals surface area contributed by atoms with Gasteiger partial charge < -0.3 is 24.8 Å². The number of nitrogens with zero attached hydrogens (tertiary/aromatic N) is 1. The molecule has 0 bridgehead atoms. The van der Waals surface area contributed by atoms with Crippen molar-refractivity contribution in [3.63, 3.8) is 0 Å². The minimum Gasteiger partial charge on any atom is -0.493 e. The molecular formula is C24H29N3O4. The van der Waals surface area contributed by atoms with Gasteiger partial charge in [0.1, 0.15) is 11.5 Å². The van der Waals surface area contributed by atoms with E-state index in [1.165, 1.54) is 0 Å². The molecule has 0 fully saturated rings. The molecule has 3 rings (SSSR count). The molecule has 0 radical (unpaired) electrons. The number of carbonyl (C=O) groups excluding carboxylic acids is 1. The molecule has 3 aromatic rings. The summed E-state index contributed by atoms with van der Waals surface area (Å²) >= 11 is 0. The molecule has 31 heavy (non-hydrogen) atoms. The first-order valence-corrected chi connectivity index (χ1v) is 10.3. The van der Waals surface area contributed by atoms with E-state index in [9.17, 15) is 4.79 Å². The second-order valence-electron chi connectivity index (χ2n) is 7.58.